The van der Waals surface area contributed by atoms with Crippen LogP contribution in [0.3, 0.4) is 0 Å². The molecule has 0 aromatic heterocycles. The fourth-order valence-electron chi connectivity index (χ4n) is 4.73. The van der Waals surface area contributed by atoms with Gasteiger partial charge in [0.05, 0.1) is 11.8 Å². The molecule has 0 aliphatic rings. The zero-order valence-electron chi connectivity index (χ0n) is 22.5. The van der Waals surface area contributed by atoms with E-state index >= 15 is 0 Å². The summed E-state index contributed by atoms with van der Waals surface area (Å²) in [4.78, 5) is 17.4. The third-order valence-electron chi connectivity index (χ3n) is 6.78. The van der Waals surface area contributed by atoms with Gasteiger partial charge in [-0.2, -0.15) is 4.99 Å². The third kappa shape index (κ3) is 8.68. The van der Waals surface area contributed by atoms with Gasteiger partial charge < -0.3 is 15.2 Å². The summed E-state index contributed by atoms with van der Waals surface area (Å²) in [5.74, 6) is -0.373. The van der Waals surface area contributed by atoms with Crippen molar-refractivity contribution in [2.75, 3.05) is 11.9 Å². The zero-order chi connectivity index (χ0) is 27.0. The van der Waals surface area contributed by atoms with E-state index in [4.69, 9.17) is 17.0 Å². The van der Waals surface area contributed by atoms with Crippen molar-refractivity contribution in [1.29, 1.82) is 0 Å². The van der Waals surface area contributed by atoms with Crippen LogP contribution in [0.4, 0.5) is 11.4 Å². The number of benzene rings is 3. The van der Waals surface area contributed by atoms with E-state index in [0.717, 1.165) is 12.8 Å². The number of ether oxygens (including phenoxy) is 1. The van der Waals surface area contributed by atoms with E-state index in [1.54, 1.807) is 12.1 Å². The Morgan fingerprint density at radius 1 is 0.842 bits per heavy atom. The molecule has 2 N–H and O–H groups in total. The molecule has 202 valence electrons. The van der Waals surface area contributed by atoms with Crippen LogP contribution in [0.5, 0.6) is 11.5 Å². The van der Waals surface area contributed by atoms with Gasteiger partial charge in [0.15, 0.2) is 5.75 Å². The molecule has 3 aromatic carbocycles. The number of amides is 1. The number of hydrogen-bond donors (Lipinski definition) is 2. The molecule has 38 heavy (non-hydrogen) atoms. The average Bonchev–Trinajstić information content (AvgIpc) is 2.93. The summed E-state index contributed by atoms with van der Waals surface area (Å²) in [6.07, 6.45) is 15.1. The Labute approximate surface area is 232 Å². The van der Waals surface area contributed by atoms with Crippen LogP contribution in [0, 0.1) is 0 Å². The molecule has 0 aliphatic heterocycles. The molecule has 3 aromatic rings. The van der Waals surface area contributed by atoms with Gasteiger partial charge in [-0.15, -0.1) is 0 Å². The lowest BCUT2D eigenvalue weighted by Gasteiger charge is -2.18. The van der Waals surface area contributed by atoms with Gasteiger partial charge in [-0.3, -0.25) is 4.79 Å². The number of aromatic hydroxyl groups is 1. The highest BCUT2D eigenvalue weighted by molar-refractivity contribution is 7.78. The molecule has 3 rings (SSSR count). The number of unbranched alkanes of at least 4 members (excludes halogenated alkanes) is 11. The normalized spacial score (nSPS) is 10.8. The average molecular weight is 533 g/mol. The van der Waals surface area contributed by atoms with Gasteiger partial charge in [0.2, 0.25) is 0 Å². The number of nitrogens with zero attached hydrogens (tertiary/aromatic N) is 1. The van der Waals surface area contributed by atoms with Crippen molar-refractivity contribution in [3.8, 4) is 11.5 Å². The van der Waals surface area contributed by atoms with Crippen molar-refractivity contribution in [3.05, 3.63) is 60.2 Å². The first-order chi connectivity index (χ1) is 18.7. The second-order valence-corrected chi connectivity index (χ2v) is 9.89. The number of hydrogen-bond acceptors (Lipinski definition) is 5. The summed E-state index contributed by atoms with van der Waals surface area (Å²) in [7, 11) is 0. The van der Waals surface area contributed by atoms with Crippen LogP contribution < -0.4 is 10.1 Å². The van der Waals surface area contributed by atoms with Crippen LogP contribution in [0.1, 0.15) is 94.3 Å². The number of anilines is 1. The van der Waals surface area contributed by atoms with Crippen LogP contribution in [0.2, 0.25) is 0 Å². The third-order valence-corrected chi connectivity index (χ3v) is 6.87. The molecule has 6 heteroatoms. The number of nitrogens with one attached hydrogen (secondary N) is 1. The maximum absolute atomic E-state index is 13.4. The molecule has 1 amide bonds. The second-order valence-electron chi connectivity index (χ2n) is 9.71. The molecular weight excluding hydrogens is 492 g/mol. The van der Waals surface area contributed by atoms with E-state index in [-0.39, 0.29) is 17.0 Å². The Hall–Kier alpha value is -3.21. The Kier molecular flexibility index (Phi) is 12.8. The fraction of sp³-hybridized carbons (Fsp3) is 0.438. The standard InChI is InChI=1S/C32H40N2O3S/c1-2-3-4-5-6-7-8-9-10-11-12-18-23-37-31-27-22-17-16-21-26(27)29(33-24-38)30(35)28(31)32(36)34-25-19-14-13-15-20-25/h13-17,19-22,35H,2-12,18,23H2,1H3,(H,34,36). The topological polar surface area (TPSA) is 70.9 Å². The van der Waals surface area contributed by atoms with Crippen LogP contribution in [0.25, 0.3) is 10.8 Å². The van der Waals surface area contributed by atoms with E-state index in [1.807, 2.05) is 42.5 Å². The summed E-state index contributed by atoms with van der Waals surface area (Å²) in [6, 6.07) is 16.6. The summed E-state index contributed by atoms with van der Waals surface area (Å²) in [5, 5.41) is 17.7. The van der Waals surface area contributed by atoms with Gasteiger partial charge in [0.1, 0.15) is 17.0 Å². The Balaban J connectivity index is 1.63. The minimum Gasteiger partial charge on any atom is -0.505 e. The summed E-state index contributed by atoms with van der Waals surface area (Å²) < 4.78 is 6.21. The Morgan fingerprint density at radius 3 is 2.00 bits per heavy atom. The number of thiocarbonyl (C=S) groups is 1. The van der Waals surface area contributed by atoms with Crippen molar-refractivity contribution in [2.24, 2.45) is 4.99 Å². The maximum Gasteiger partial charge on any atom is 0.263 e. The van der Waals surface area contributed by atoms with Crippen molar-refractivity contribution >= 4 is 45.4 Å². The number of carbonyl (C=O) groups excluding carboxylic acids is 1. The van der Waals surface area contributed by atoms with E-state index < -0.39 is 5.91 Å². The highest BCUT2D eigenvalue weighted by Crippen LogP contribution is 2.45. The maximum atomic E-state index is 13.4. The van der Waals surface area contributed by atoms with Gasteiger partial charge in [-0.1, -0.05) is 120 Å². The summed E-state index contributed by atoms with van der Waals surface area (Å²) in [6.45, 7) is 2.72. The van der Waals surface area contributed by atoms with Gasteiger partial charge in [-0.05, 0) is 30.8 Å². The van der Waals surface area contributed by atoms with Gasteiger partial charge in [0, 0.05) is 16.5 Å². The number of rotatable bonds is 17. The number of carbonyl (C=O) groups is 1. The molecule has 0 bridgehead atoms. The Bertz CT molecular complexity index is 1210. The number of fused-ring (bicyclic) bond motifs is 1. The highest BCUT2D eigenvalue weighted by Gasteiger charge is 2.25. The number of phenols is 1. The van der Waals surface area contributed by atoms with Crippen molar-refractivity contribution in [3.63, 3.8) is 0 Å². The number of para-hydroxylation sites is 1. The lowest BCUT2D eigenvalue weighted by Crippen LogP contribution is -2.15. The lowest BCUT2D eigenvalue weighted by atomic mass is 10.0. The molecule has 0 saturated carbocycles. The number of aliphatic imine (C=N–C) groups is 1. The van der Waals surface area contributed by atoms with E-state index in [0.29, 0.717) is 28.8 Å². The highest BCUT2D eigenvalue weighted by atomic mass is 32.1. The first kappa shape index (κ1) is 29.3. The zero-order valence-corrected chi connectivity index (χ0v) is 23.3. The predicted molar refractivity (Wildman–Crippen MR) is 161 cm³/mol. The van der Waals surface area contributed by atoms with Crippen molar-refractivity contribution in [2.45, 2.75) is 84.0 Å². The largest absolute Gasteiger partial charge is 0.505 e. The number of isothiocyanates is 1. The summed E-state index contributed by atoms with van der Waals surface area (Å²) in [5.41, 5.74) is 0.888. The predicted octanol–water partition coefficient (Wildman–Crippen LogP) is 9.61. The van der Waals surface area contributed by atoms with E-state index in [9.17, 15) is 9.90 Å². The SMILES string of the molecule is CCCCCCCCCCCCCCOc1c(C(=O)Nc2ccccc2)c(O)c(N=C=S)c2ccccc12. The van der Waals surface area contributed by atoms with Gasteiger partial charge in [0.25, 0.3) is 5.91 Å². The molecule has 0 saturated heterocycles. The second kappa shape index (κ2) is 16.6. The van der Waals surface area contributed by atoms with Crippen LogP contribution in [-0.4, -0.2) is 22.8 Å². The fourth-order valence-corrected chi connectivity index (χ4v) is 4.82. The molecule has 0 fully saturated rings. The molecule has 0 atom stereocenters. The van der Waals surface area contributed by atoms with Gasteiger partial charge in [-0.25, -0.2) is 0 Å². The van der Waals surface area contributed by atoms with Gasteiger partial charge >= 0.3 is 0 Å². The molecule has 0 heterocycles. The number of phenolic OH excluding ortho intramolecular Hbond substituents is 1. The molecule has 0 unspecified atom stereocenters. The lowest BCUT2D eigenvalue weighted by molar-refractivity contribution is 0.102. The van der Waals surface area contributed by atoms with Crippen molar-refractivity contribution in [1.82, 2.24) is 0 Å². The molecule has 5 nitrogen and oxygen atoms in total. The minimum atomic E-state index is -0.468. The van der Waals surface area contributed by atoms with Crippen LogP contribution in [-0.2, 0) is 0 Å². The monoisotopic (exact) mass is 532 g/mol. The molecule has 0 aliphatic carbocycles. The smallest absolute Gasteiger partial charge is 0.263 e. The van der Waals surface area contributed by atoms with Crippen LogP contribution >= 0.6 is 12.2 Å². The Morgan fingerprint density at radius 2 is 1.39 bits per heavy atom. The van der Waals surface area contributed by atoms with Crippen LogP contribution in [0.15, 0.2) is 59.6 Å². The first-order valence-electron chi connectivity index (χ1n) is 14.0. The molecule has 0 spiro atoms. The minimum absolute atomic E-state index is 0.0514. The van der Waals surface area contributed by atoms with E-state index in [1.165, 1.54) is 64.2 Å². The van der Waals surface area contributed by atoms with Crippen molar-refractivity contribution < 1.29 is 14.6 Å². The molecule has 0 radical (unpaired) electrons. The first-order valence-corrected chi connectivity index (χ1v) is 14.4. The molecular formula is C32H40N2O3S. The quantitative estimate of drug-likeness (QED) is 0.103. The summed E-state index contributed by atoms with van der Waals surface area (Å²) >= 11 is 4.81. The van der Waals surface area contributed by atoms with E-state index in [2.05, 4.69) is 22.4 Å².